The number of H-pyrrole nitrogens is 1. The van der Waals surface area contributed by atoms with Crippen LogP contribution in [0.2, 0.25) is 0 Å². The van der Waals surface area contributed by atoms with Gasteiger partial charge in [0.15, 0.2) is 5.82 Å². The number of aromatic amines is 1. The van der Waals surface area contributed by atoms with E-state index in [1.54, 1.807) is 10.9 Å². The molecule has 0 bridgehead atoms. The van der Waals surface area contributed by atoms with Crippen LogP contribution in [0.15, 0.2) is 84.0 Å². The molecule has 4 aromatic rings. The minimum Gasteiger partial charge on any atom is -0.322 e. The van der Waals surface area contributed by atoms with Crippen molar-refractivity contribution in [2.45, 2.75) is 6.92 Å². The van der Waals surface area contributed by atoms with Gasteiger partial charge in [-0.3, -0.25) is 4.79 Å². The summed E-state index contributed by atoms with van der Waals surface area (Å²) in [5, 5.41) is 14.4. The fraction of sp³-hybridized carbons (Fsp3) is 0.0435. The summed E-state index contributed by atoms with van der Waals surface area (Å²) < 4.78 is 1.97. The summed E-state index contributed by atoms with van der Waals surface area (Å²) >= 11 is 5.31. The van der Waals surface area contributed by atoms with E-state index in [4.69, 9.17) is 12.2 Å². The lowest BCUT2D eigenvalue weighted by atomic mass is 10.1. The molecule has 0 saturated heterocycles. The average molecular weight is 414 g/mol. The van der Waals surface area contributed by atoms with Gasteiger partial charge in [-0.15, -0.1) is 0 Å². The number of aromatic nitrogens is 3. The molecule has 0 radical (unpaired) electrons. The first-order valence-electron chi connectivity index (χ1n) is 9.35. The third kappa shape index (κ3) is 4.42. The van der Waals surface area contributed by atoms with E-state index in [1.165, 1.54) is 0 Å². The molecule has 30 heavy (non-hydrogen) atoms. The Morgan fingerprint density at radius 2 is 1.83 bits per heavy atom. The van der Waals surface area contributed by atoms with Gasteiger partial charge in [0, 0.05) is 16.8 Å². The molecule has 0 spiro atoms. The molecule has 6 nitrogen and oxygen atoms in total. The Labute approximate surface area is 178 Å². The Bertz CT molecular complexity index is 1260. The number of carbonyl (C=O) groups excluding carboxylic acids is 1. The van der Waals surface area contributed by atoms with Gasteiger partial charge in [0.2, 0.25) is 4.77 Å². The highest BCUT2D eigenvalue weighted by Crippen LogP contribution is 2.17. The molecule has 2 N–H and O–H groups in total. The molecule has 1 amide bonds. The standard InChI is InChI=1S/C23H19N5OS/c1-16-10-12-19(13-11-16)22(29)25-20-9-5-6-17(14-20)15-24-28-21(26-27-23(28)30)18-7-3-2-4-8-18/h2-15H,1H3,(H,25,29)(H,27,30)/b24-15+. The number of benzene rings is 3. The van der Waals surface area contributed by atoms with Gasteiger partial charge in [-0.2, -0.15) is 14.9 Å². The van der Waals surface area contributed by atoms with E-state index in [2.05, 4.69) is 20.6 Å². The van der Waals surface area contributed by atoms with Crippen LogP contribution in [0, 0.1) is 11.7 Å². The van der Waals surface area contributed by atoms with Crippen molar-refractivity contribution in [2.75, 3.05) is 5.32 Å². The summed E-state index contributed by atoms with van der Waals surface area (Å²) in [6.45, 7) is 1.99. The van der Waals surface area contributed by atoms with Gasteiger partial charge in [0.1, 0.15) is 0 Å². The van der Waals surface area contributed by atoms with Gasteiger partial charge >= 0.3 is 0 Å². The molecule has 7 heteroatoms. The predicted octanol–water partition coefficient (Wildman–Crippen LogP) is 5.05. The number of nitrogens with zero attached hydrogens (tertiary/aromatic N) is 3. The molecular formula is C23H19N5OS. The molecule has 1 heterocycles. The number of nitrogens with one attached hydrogen (secondary N) is 2. The smallest absolute Gasteiger partial charge is 0.255 e. The molecule has 0 unspecified atom stereocenters. The van der Waals surface area contributed by atoms with Crippen LogP contribution in [0.25, 0.3) is 11.4 Å². The van der Waals surface area contributed by atoms with Crippen LogP contribution in [-0.2, 0) is 0 Å². The second-order valence-electron chi connectivity index (χ2n) is 6.72. The van der Waals surface area contributed by atoms with E-state index >= 15 is 0 Å². The number of anilines is 1. The van der Waals surface area contributed by atoms with Gasteiger partial charge in [-0.1, -0.05) is 60.2 Å². The highest BCUT2D eigenvalue weighted by Gasteiger charge is 2.08. The van der Waals surface area contributed by atoms with E-state index in [1.807, 2.05) is 85.8 Å². The number of rotatable bonds is 5. The Kier molecular flexibility index (Phi) is 5.63. The number of hydrogen-bond donors (Lipinski definition) is 2. The molecule has 1 aromatic heterocycles. The molecule has 0 aliphatic carbocycles. The second-order valence-corrected chi connectivity index (χ2v) is 7.11. The van der Waals surface area contributed by atoms with Gasteiger partial charge in [0.05, 0.1) is 6.21 Å². The van der Waals surface area contributed by atoms with E-state index in [9.17, 15) is 4.79 Å². The minimum atomic E-state index is -0.160. The van der Waals surface area contributed by atoms with Crippen molar-refractivity contribution in [1.82, 2.24) is 14.9 Å². The Hall–Kier alpha value is -3.84. The van der Waals surface area contributed by atoms with Crippen molar-refractivity contribution in [2.24, 2.45) is 5.10 Å². The topological polar surface area (TPSA) is 75.1 Å². The van der Waals surface area contributed by atoms with Crippen molar-refractivity contribution in [3.8, 4) is 11.4 Å². The van der Waals surface area contributed by atoms with Crippen LogP contribution in [0.1, 0.15) is 21.5 Å². The zero-order valence-electron chi connectivity index (χ0n) is 16.2. The lowest BCUT2D eigenvalue weighted by Gasteiger charge is -2.06. The summed E-state index contributed by atoms with van der Waals surface area (Å²) in [4.78, 5) is 12.5. The zero-order chi connectivity index (χ0) is 20.9. The van der Waals surface area contributed by atoms with Crippen LogP contribution in [0.3, 0.4) is 0 Å². The van der Waals surface area contributed by atoms with Crippen molar-refractivity contribution < 1.29 is 4.79 Å². The highest BCUT2D eigenvalue weighted by molar-refractivity contribution is 7.71. The molecular weight excluding hydrogens is 394 g/mol. The highest BCUT2D eigenvalue weighted by atomic mass is 32.1. The molecule has 148 valence electrons. The Morgan fingerprint density at radius 3 is 2.60 bits per heavy atom. The number of amides is 1. The zero-order valence-corrected chi connectivity index (χ0v) is 17.1. The van der Waals surface area contributed by atoms with Crippen molar-refractivity contribution in [3.63, 3.8) is 0 Å². The maximum absolute atomic E-state index is 12.5. The lowest BCUT2D eigenvalue weighted by Crippen LogP contribution is -2.11. The molecule has 0 fully saturated rings. The van der Waals surface area contributed by atoms with Gasteiger partial charge < -0.3 is 5.32 Å². The summed E-state index contributed by atoms with van der Waals surface area (Å²) in [6.07, 6.45) is 1.68. The molecule has 0 atom stereocenters. The fourth-order valence-electron chi connectivity index (χ4n) is 2.90. The molecule has 0 aliphatic rings. The maximum atomic E-state index is 12.5. The predicted molar refractivity (Wildman–Crippen MR) is 121 cm³/mol. The third-order valence-corrected chi connectivity index (χ3v) is 4.73. The van der Waals surface area contributed by atoms with Crippen molar-refractivity contribution in [3.05, 3.63) is 100 Å². The molecule has 4 rings (SSSR count). The monoisotopic (exact) mass is 413 g/mol. The average Bonchev–Trinajstić information content (AvgIpc) is 3.14. The third-order valence-electron chi connectivity index (χ3n) is 4.46. The van der Waals surface area contributed by atoms with Crippen LogP contribution < -0.4 is 5.32 Å². The van der Waals surface area contributed by atoms with Crippen molar-refractivity contribution in [1.29, 1.82) is 0 Å². The summed E-state index contributed by atoms with van der Waals surface area (Å²) in [5.74, 6) is 0.466. The van der Waals surface area contributed by atoms with Crippen molar-refractivity contribution >= 4 is 30.0 Å². The first-order chi connectivity index (χ1) is 14.6. The van der Waals surface area contributed by atoms with Crippen LogP contribution in [0.4, 0.5) is 5.69 Å². The molecule has 0 saturated carbocycles. The Morgan fingerprint density at radius 1 is 1.07 bits per heavy atom. The van der Waals surface area contributed by atoms with E-state index < -0.39 is 0 Å². The molecule has 0 aliphatic heterocycles. The fourth-order valence-corrected chi connectivity index (χ4v) is 3.08. The second kappa shape index (κ2) is 8.67. The van der Waals surface area contributed by atoms with Crippen LogP contribution in [0.5, 0.6) is 0 Å². The first-order valence-corrected chi connectivity index (χ1v) is 9.76. The van der Waals surface area contributed by atoms with Crippen LogP contribution >= 0.6 is 12.2 Å². The van der Waals surface area contributed by atoms with E-state index in [0.717, 1.165) is 16.7 Å². The first kappa shape index (κ1) is 19.5. The summed E-state index contributed by atoms with van der Waals surface area (Å²) in [7, 11) is 0. The summed E-state index contributed by atoms with van der Waals surface area (Å²) in [5.41, 5.74) is 4.12. The normalized spacial score (nSPS) is 11.0. The number of carbonyl (C=O) groups is 1. The van der Waals surface area contributed by atoms with E-state index in [0.29, 0.717) is 21.8 Å². The largest absolute Gasteiger partial charge is 0.322 e. The number of aryl methyl sites for hydroxylation is 1. The SMILES string of the molecule is Cc1ccc(C(=O)Nc2cccc(/C=N/n3c(-c4ccccc4)n[nH]c3=S)c2)cc1. The quantitative estimate of drug-likeness (QED) is 0.355. The Balaban J connectivity index is 1.55. The maximum Gasteiger partial charge on any atom is 0.255 e. The van der Waals surface area contributed by atoms with E-state index in [-0.39, 0.29) is 5.91 Å². The summed E-state index contributed by atoms with van der Waals surface area (Å²) in [6, 6.07) is 24.6. The van der Waals surface area contributed by atoms with Crippen LogP contribution in [-0.4, -0.2) is 27.0 Å². The van der Waals surface area contributed by atoms with Gasteiger partial charge in [-0.05, 0) is 49.0 Å². The molecule has 3 aromatic carbocycles. The lowest BCUT2D eigenvalue weighted by molar-refractivity contribution is 0.102. The van der Waals surface area contributed by atoms with Gasteiger partial charge in [0.25, 0.3) is 5.91 Å². The number of hydrogen-bond acceptors (Lipinski definition) is 4. The minimum absolute atomic E-state index is 0.160. The van der Waals surface area contributed by atoms with Gasteiger partial charge in [-0.25, -0.2) is 5.10 Å².